The maximum absolute atomic E-state index is 13.5. The highest BCUT2D eigenvalue weighted by Crippen LogP contribution is 2.35. The first-order valence-corrected chi connectivity index (χ1v) is 5.21. The maximum Gasteiger partial charge on any atom is 0.149 e. The zero-order valence-electron chi connectivity index (χ0n) is 8.62. The predicted molar refractivity (Wildman–Crippen MR) is 61.1 cm³/mol. The average Bonchev–Trinajstić information content (AvgIpc) is 2.96. The lowest BCUT2D eigenvalue weighted by Crippen LogP contribution is -2.43. The van der Waals surface area contributed by atoms with Crippen LogP contribution in [0.15, 0.2) is 18.2 Å². The van der Waals surface area contributed by atoms with Crippen LogP contribution in [0.25, 0.3) is 0 Å². The second-order valence-corrected chi connectivity index (χ2v) is 4.15. The van der Waals surface area contributed by atoms with Crippen molar-refractivity contribution in [1.82, 2.24) is 5.32 Å². The highest BCUT2D eigenvalue weighted by molar-refractivity contribution is 5.85. The second-order valence-electron chi connectivity index (χ2n) is 4.15. The van der Waals surface area contributed by atoms with Crippen molar-refractivity contribution >= 4 is 18.1 Å². The van der Waals surface area contributed by atoms with E-state index in [2.05, 4.69) is 5.32 Å². The molecule has 2 fully saturated rings. The molecular weight excluding hydrogens is 234 g/mol. The molecule has 1 N–H and O–H groups in total. The van der Waals surface area contributed by atoms with Crippen molar-refractivity contribution < 1.29 is 8.78 Å². The molecule has 16 heavy (non-hydrogen) atoms. The van der Waals surface area contributed by atoms with Crippen LogP contribution in [-0.4, -0.2) is 25.2 Å². The summed E-state index contributed by atoms with van der Waals surface area (Å²) in [6, 6.07) is 4.71. The molecule has 1 aliphatic carbocycles. The van der Waals surface area contributed by atoms with E-state index in [-0.39, 0.29) is 12.4 Å². The number of hydrogen-bond donors (Lipinski definition) is 1. The molecule has 88 valence electrons. The van der Waals surface area contributed by atoms with Crippen molar-refractivity contribution in [3.63, 3.8) is 0 Å². The summed E-state index contributed by atoms with van der Waals surface area (Å²) < 4.78 is 26.3. The fourth-order valence-corrected chi connectivity index (χ4v) is 2.29. The van der Waals surface area contributed by atoms with Crippen molar-refractivity contribution in [1.29, 1.82) is 0 Å². The molecule has 1 aliphatic heterocycles. The van der Waals surface area contributed by atoms with Crippen LogP contribution in [-0.2, 0) is 0 Å². The minimum absolute atomic E-state index is 0. The van der Waals surface area contributed by atoms with Crippen LogP contribution in [0.1, 0.15) is 6.42 Å². The summed E-state index contributed by atoms with van der Waals surface area (Å²) in [5.74, 6) is -0.971. The Labute approximate surface area is 99.0 Å². The summed E-state index contributed by atoms with van der Waals surface area (Å²) in [6.07, 6.45) is 1.07. The minimum atomic E-state index is -0.515. The molecule has 1 aromatic rings. The number of nitrogens with zero attached hydrogens (tertiary/aromatic N) is 1. The monoisotopic (exact) mass is 246 g/mol. The maximum atomic E-state index is 13.5. The molecule has 0 aromatic heterocycles. The second kappa shape index (κ2) is 4.18. The fourth-order valence-electron chi connectivity index (χ4n) is 2.29. The average molecular weight is 247 g/mol. The lowest BCUT2D eigenvalue weighted by Gasteiger charge is -2.29. The fraction of sp³-hybridized carbons (Fsp3) is 0.455. The zero-order valence-corrected chi connectivity index (χ0v) is 9.44. The standard InChI is InChI=1S/C11H12F2N2.ClH/c12-7-1-2-10(8(13)5-7)15-4-3-14-9-6-11(9)15;/h1-2,5,9,11,14H,3-4,6H2;1H/t9?,11-;/m1./s1. The summed E-state index contributed by atoms with van der Waals surface area (Å²) in [5.41, 5.74) is 0.533. The summed E-state index contributed by atoms with van der Waals surface area (Å²) in [5, 5.41) is 3.35. The Morgan fingerprint density at radius 2 is 2.12 bits per heavy atom. The highest BCUT2D eigenvalue weighted by atomic mass is 35.5. The van der Waals surface area contributed by atoms with Gasteiger partial charge in [-0.15, -0.1) is 12.4 Å². The lowest BCUT2D eigenvalue weighted by atomic mass is 10.2. The van der Waals surface area contributed by atoms with E-state index in [0.717, 1.165) is 25.6 Å². The van der Waals surface area contributed by atoms with Gasteiger partial charge < -0.3 is 10.2 Å². The van der Waals surface area contributed by atoms with Gasteiger partial charge in [-0.25, -0.2) is 8.78 Å². The van der Waals surface area contributed by atoms with E-state index < -0.39 is 11.6 Å². The first kappa shape index (κ1) is 11.6. The molecule has 3 rings (SSSR count). The van der Waals surface area contributed by atoms with E-state index in [1.165, 1.54) is 12.1 Å². The van der Waals surface area contributed by atoms with E-state index in [1.54, 1.807) is 0 Å². The Morgan fingerprint density at radius 3 is 2.88 bits per heavy atom. The highest BCUT2D eigenvalue weighted by Gasteiger charge is 2.44. The van der Waals surface area contributed by atoms with Crippen LogP contribution in [0, 0.1) is 11.6 Å². The van der Waals surface area contributed by atoms with E-state index in [9.17, 15) is 8.78 Å². The number of piperazine rings is 1. The molecule has 2 atom stereocenters. The Bertz CT molecular complexity index is 400. The molecule has 2 aliphatic rings. The van der Waals surface area contributed by atoms with Crippen LogP contribution in [0.4, 0.5) is 14.5 Å². The van der Waals surface area contributed by atoms with Gasteiger partial charge in [-0.1, -0.05) is 0 Å². The normalized spacial score (nSPS) is 27.0. The smallest absolute Gasteiger partial charge is 0.149 e. The number of nitrogens with one attached hydrogen (secondary N) is 1. The van der Waals surface area contributed by atoms with Gasteiger partial charge in [0.25, 0.3) is 0 Å². The van der Waals surface area contributed by atoms with Gasteiger partial charge in [0.05, 0.1) is 5.69 Å². The summed E-state index contributed by atoms with van der Waals surface area (Å²) in [6.45, 7) is 1.67. The SMILES string of the molecule is Cl.Fc1ccc(N2CCNC3C[C@H]32)c(F)c1. The number of benzene rings is 1. The number of halogens is 3. The van der Waals surface area contributed by atoms with Gasteiger partial charge in [0, 0.05) is 31.2 Å². The lowest BCUT2D eigenvalue weighted by molar-refractivity contribution is 0.551. The van der Waals surface area contributed by atoms with Crippen molar-refractivity contribution in [3.8, 4) is 0 Å². The molecule has 1 heterocycles. The van der Waals surface area contributed by atoms with E-state index in [4.69, 9.17) is 0 Å². The van der Waals surface area contributed by atoms with E-state index in [0.29, 0.717) is 17.8 Å². The third kappa shape index (κ3) is 1.87. The third-order valence-electron chi connectivity index (χ3n) is 3.14. The van der Waals surface area contributed by atoms with Crippen molar-refractivity contribution in [3.05, 3.63) is 29.8 Å². The van der Waals surface area contributed by atoms with Crippen LogP contribution in [0.3, 0.4) is 0 Å². The first-order chi connectivity index (χ1) is 7.25. The Kier molecular flexibility index (Phi) is 3.04. The topological polar surface area (TPSA) is 15.3 Å². The van der Waals surface area contributed by atoms with Crippen LogP contribution >= 0.6 is 12.4 Å². The van der Waals surface area contributed by atoms with Crippen molar-refractivity contribution in [2.45, 2.75) is 18.5 Å². The molecule has 2 nitrogen and oxygen atoms in total. The number of hydrogen-bond acceptors (Lipinski definition) is 2. The van der Waals surface area contributed by atoms with Gasteiger partial charge in [-0.3, -0.25) is 0 Å². The largest absolute Gasteiger partial charge is 0.363 e. The molecule has 1 unspecified atom stereocenters. The van der Waals surface area contributed by atoms with Crippen LogP contribution < -0.4 is 10.2 Å². The van der Waals surface area contributed by atoms with Gasteiger partial charge in [0.1, 0.15) is 11.6 Å². The number of rotatable bonds is 1. The quantitative estimate of drug-likeness (QED) is 0.815. The number of anilines is 1. The van der Waals surface area contributed by atoms with Gasteiger partial charge in [0.15, 0.2) is 0 Å². The van der Waals surface area contributed by atoms with Gasteiger partial charge in [-0.2, -0.15) is 0 Å². The molecule has 0 amide bonds. The first-order valence-electron chi connectivity index (χ1n) is 5.21. The van der Waals surface area contributed by atoms with E-state index in [1.807, 2.05) is 4.90 Å². The molecule has 0 bridgehead atoms. The third-order valence-corrected chi connectivity index (χ3v) is 3.14. The van der Waals surface area contributed by atoms with Crippen molar-refractivity contribution in [2.24, 2.45) is 0 Å². The Hall–Kier alpha value is -0.870. The summed E-state index contributed by atoms with van der Waals surface area (Å²) in [7, 11) is 0. The summed E-state index contributed by atoms with van der Waals surface area (Å²) in [4.78, 5) is 2.04. The van der Waals surface area contributed by atoms with Gasteiger partial charge in [-0.05, 0) is 18.6 Å². The molecular formula is C11H13ClF2N2. The zero-order chi connectivity index (χ0) is 10.4. The molecule has 1 saturated heterocycles. The minimum Gasteiger partial charge on any atom is -0.363 e. The predicted octanol–water partition coefficient (Wildman–Crippen LogP) is 1.94. The molecule has 5 heteroatoms. The Morgan fingerprint density at radius 1 is 1.31 bits per heavy atom. The van der Waals surface area contributed by atoms with Crippen LogP contribution in [0.2, 0.25) is 0 Å². The molecule has 1 saturated carbocycles. The van der Waals surface area contributed by atoms with E-state index >= 15 is 0 Å². The summed E-state index contributed by atoms with van der Waals surface area (Å²) >= 11 is 0. The van der Waals surface area contributed by atoms with Crippen molar-refractivity contribution in [2.75, 3.05) is 18.0 Å². The van der Waals surface area contributed by atoms with Gasteiger partial charge >= 0.3 is 0 Å². The number of fused-ring (bicyclic) bond motifs is 1. The molecule has 1 aromatic carbocycles. The molecule has 0 spiro atoms. The van der Waals surface area contributed by atoms with Gasteiger partial charge in [0.2, 0.25) is 0 Å². The van der Waals surface area contributed by atoms with Crippen LogP contribution in [0.5, 0.6) is 0 Å². The molecule has 0 radical (unpaired) electrons. The Balaban J connectivity index is 0.000000963.